The van der Waals surface area contributed by atoms with Crippen LogP contribution in [0.4, 0.5) is 0 Å². The normalized spacial score (nSPS) is 17.0. The maximum Gasteiger partial charge on any atom is 0.253 e. The van der Waals surface area contributed by atoms with E-state index in [0.717, 1.165) is 50.1 Å². The molecule has 0 bridgehead atoms. The van der Waals surface area contributed by atoms with E-state index in [2.05, 4.69) is 31.2 Å². The van der Waals surface area contributed by atoms with Crippen LogP contribution in [0.1, 0.15) is 35.7 Å². The fourth-order valence-corrected chi connectivity index (χ4v) is 3.53. The molecular weight excluding hydrogens is 310 g/mol. The smallest absolute Gasteiger partial charge is 0.253 e. The van der Waals surface area contributed by atoms with Gasteiger partial charge in [-0.1, -0.05) is 49.7 Å². The first-order chi connectivity index (χ1) is 12.2. The number of nitrogens with zero attached hydrogens (tertiary/aromatic N) is 1. The van der Waals surface area contributed by atoms with Gasteiger partial charge in [-0.2, -0.15) is 0 Å². The van der Waals surface area contributed by atoms with Crippen molar-refractivity contribution in [2.45, 2.75) is 26.2 Å². The molecule has 0 spiro atoms. The third-order valence-electron chi connectivity index (χ3n) is 4.93. The van der Waals surface area contributed by atoms with Gasteiger partial charge in [-0.25, -0.2) is 0 Å². The van der Waals surface area contributed by atoms with E-state index in [9.17, 15) is 4.79 Å². The van der Waals surface area contributed by atoms with Crippen molar-refractivity contribution in [1.82, 2.24) is 4.90 Å². The molecule has 3 nitrogen and oxygen atoms in total. The predicted octanol–water partition coefficient (Wildman–Crippen LogP) is 4.41. The number of ether oxygens (including phenoxy) is 1. The molecule has 1 fully saturated rings. The van der Waals surface area contributed by atoms with Gasteiger partial charge in [-0.05, 0) is 41.7 Å². The van der Waals surface area contributed by atoms with Crippen molar-refractivity contribution in [1.29, 1.82) is 0 Å². The summed E-state index contributed by atoms with van der Waals surface area (Å²) in [6, 6.07) is 16.7. The summed E-state index contributed by atoms with van der Waals surface area (Å²) in [5.41, 5.74) is 4.49. The van der Waals surface area contributed by atoms with Crippen LogP contribution in [0.2, 0.25) is 0 Å². The number of methoxy groups -OCH3 is 1. The molecule has 132 valence electrons. The van der Waals surface area contributed by atoms with Crippen LogP contribution >= 0.6 is 0 Å². The zero-order valence-corrected chi connectivity index (χ0v) is 15.2. The lowest BCUT2D eigenvalue weighted by molar-refractivity contribution is 0.0775. The van der Waals surface area contributed by atoms with E-state index in [1.54, 1.807) is 7.11 Å². The summed E-state index contributed by atoms with van der Waals surface area (Å²) in [5.74, 6) is 0.596. The van der Waals surface area contributed by atoms with Crippen molar-refractivity contribution < 1.29 is 9.53 Å². The summed E-state index contributed by atoms with van der Waals surface area (Å²) in [6.45, 7) is 4.55. The van der Waals surface area contributed by atoms with Crippen LogP contribution in [-0.2, 0) is 11.2 Å². The Morgan fingerprint density at radius 3 is 2.32 bits per heavy atom. The molecule has 0 aromatic heterocycles. The molecule has 1 heterocycles. The monoisotopic (exact) mass is 337 g/mol. The minimum atomic E-state index is 0.128. The third-order valence-corrected chi connectivity index (χ3v) is 4.93. The zero-order valence-electron chi connectivity index (χ0n) is 15.2. The van der Waals surface area contributed by atoms with E-state index in [0.29, 0.717) is 5.92 Å². The second-order valence-corrected chi connectivity index (χ2v) is 6.89. The second kappa shape index (κ2) is 8.30. The Balaban J connectivity index is 1.66. The Morgan fingerprint density at radius 2 is 1.72 bits per heavy atom. The molecule has 3 heteroatoms. The highest BCUT2D eigenvalue weighted by atomic mass is 16.5. The van der Waals surface area contributed by atoms with Crippen molar-refractivity contribution in [3.63, 3.8) is 0 Å². The number of carbonyl (C=O) groups is 1. The number of aryl methyl sites for hydroxylation is 1. The second-order valence-electron chi connectivity index (χ2n) is 6.89. The topological polar surface area (TPSA) is 29.5 Å². The first-order valence-electron chi connectivity index (χ1n) is 9.19. The summed E-state index contributed by atoms with van der Waals surface area (Å²) >= 11 is 0. The van der Waals surface area contributed by atoms with E-state index in [1.165, 1.54) is 11.1 Å². The molecule has 0 aliphatic carbocycles. The van der Waals surface area contributed by atoms with Gasteiger partial charge in [0, 0.05) is 31.7 Å². The lowest BCUT2D eigenvalue weighted by atomic mass is 10.0. The van der Waals surface area contributed by atoms with Crippen LogP contribution < -0.4 is 0 Å². The molecule has 2 aromatic carbocycles. The summed E-state index contributed by atoms with van der Waals surface area (Å²) in [5, 5.41) is 0. The molecule has 0 radical (unpaired) electrons. The first-order valence-corrected chi connectivity index (χ1v) is 9.19. The SMILES string of the molecule is CCCc1ccc(-c2ccc(C(=O)N3CCC(COC)C3)cc2)cc1. The predicted molar refractivity (Wildman–Crippen MR) is 102 cm³/mol. The molecule has 1 unspecified atom stereocenters. The highest BCUT2D eigenvalue weighted by Crippen LogP contribution is 2.23. The molecule has 1 atom stereocenters. The summed E-state index contributed by atoms with van der Waals surface area (Å²) < 4.78 is 5.21. The Kier molecular flexibility index (Phi) is 5.87. The van der Waals surface area contributed by atoms with Gasteiger partial charge in [-0.15, -0.1) is 0 Å². The largest absolute Gasteiger partial charge is 0.384 e. The lowest BCUT2D eigenvalue weighted by Crippen LogP contribution is -2.29. The van der Waals surface area contributed by atoms with Gasteiger partial charge >= 0.3 is 0 Å². The number of carbonyl (C=O) groups excluding carboxylic acids is 1. The highest BCUT2D eigenvalue weighted by molar-refractivity contribution is 5.94. The van der Waals surface area contributed by atoms with Crippen LogP contribution in [0, 0.1) is 5.92 Å². The molecule has 1 aliphatic rings. The number of likely N-dealkylation sites (tertiary alicyclic amines) is 1. The van der Waals surface area contributed by atoms with Crippen LogP contribution in [0.3, 0.4) is 0 Å². The average molecular weight is 337 g/mol. The minimum absolute atomic E-state index is 0.128. The average Bonchev–Trinajstić information content (AvgIpc) is 3.11. The quantitative estimate of drug-likeness (QED) is 0.781. The van der Waals surface area contributed by atoms with Gasteiger partial charge in [0.2, 0.25) is 0 Å². The fraction of sp³-hybridized carbons (Fsp3) is 0.409. The van der Waals surface area contributed by atoms with E-state index in [4.69, 9.17) is 4.74 Å². The Bertz CT molecular complexity index is 691. The molecular formula is C22H27NO2. The first kappa shape index (κ1) is 17.7. The number of hydrogen-bond donors (Lipinski definition) is 0. The van der Waals surface area contributed by atoms with Crippen LogP contribution in [0.5, 0.6) is 0 Å². The third kappa shape index (κ3) is 4.29. The number of rotatable bonds is 6. The molecule has 1 amide bonds. The van der Waals surface area contributed by atoms with Crippen molar-refractivity contribution in [2.75, 3.05) is 26.8 Å². The standard InChI is InChI=1S/C22H27NO2/c1-3-4-17-5-7-19(8-6-17)20-9-11-21(12-10-20)22(24)23-14-13-18(15-23)16-25-2/h5-12,18H,3-4,13-16H2,1-2H3. The maximum atomic E-state index is 12.6. The van der Waals surface area contributed by atoms with Crippen molar-refractivity contribution in [3.8, 4) is 11.1 Å². The number of amides is 1. The zero-order chi connectivity index (χ0) is 17.6. The van der Waals surface area contributed by atoms with Gasteiger partial charge in [-0.3, -0.25) is 4.79 Å². The Labute approximate surface area is 150 Å². The number of benzene rings is 2. The minimum Gasteiger partial charge on any atom is -0.384 e. The maximum absolute atomic E-state index is 12.6. The Morgan fingerprint density at radius 1 is 1.08 bits per heavy atom. The molecule has 2 aromatic rings. The molecule has 0 N–H and O–H groups in total. The van der Waals surface area contributed by atoms with E-state index in [1.807, 2.05) is 29.2 Å². The summed E-state index contributed by atoms with van der Waals surface area (Å²) in [7, 11) is 1.72. The van der Waals surface area contributed by atoms with Crippen LogP contribution in [0.15, 0.2) is 48.5 Å². The molecule has 25 heavy (non-hydrogen) atoms. The summed E-state index contributed by atoms with van der Waals surface area (Å²) in [6.07, 6.45) is 3.31. The highest BCUT2D eigenvalue weighted by Gasteiger charge is 2.26. The molecule has 0 saturated carbocycles. The van der Waals surface area contributed by atoms with E-state index < -0.39 is 0 Å². The van der Waals surface area contributed by atoms with Crippen LogP contribution in [-0.4, -0.2) is 37.6 Å². The van der Waals surface area contributed by atoms with Gasteiger partial charge in [0.25, 0.3) is 5.91 Å². The number of hydrogen-bond acceptors (Lipinski definition) is 2. The van der Waals surface area contributed by atoms with Gasteiger partial charge in [0.1, 0.15) is 0 Å². The van der Waals surface area contributed by atoms with Crippen molar-refractivity contribution >= 4 is 5.91 Å². The van der Waals surface area contributed by atoms with E-state index in [-0.39, 0.29) is 5.91 Å². The summed E-state index contributed by atoms with van der Waals surface area (Å²) in [4.78, 5) is 14.6. The molecule has 3 rings (SSSR count). The van der Waals surface area contributed by atoms with Gasteiger partial charge in [0.05, 0.1) is 6.61 Å². The molecule has 1 aliphatic heterocycles. The van der Waals surface area contributed by atoms with Gasteiger partial charge in [0.15, 0.2) is 0 Å². The van der Waals surface area contributed by atoms with Crippen molar-refractivity contribution in [3.05, 3.63) is 59.7 Å². The lowest BCUT2D eigenvalue weighted by Gasteiger charge is -2.16. The fourth-order valence-electron chi connectivity index (χ4n) is 3.53. The molecule has 1 saturated heterocycles. The van der Waals surface area contributed by atoms with Crippen molar-refractivity contribution in [2.24, 2.45) is 5.92 Å². The van der Waals surface area contributed by atoms with E-state index >= 15 is 0 Å². The van der Waals surface area contributed by atoms with Gasteiger partial charge < -0.3 is 9.64 Å². The van der Waals surface area contributed by atoms with Crippen LogP contribution in [0.25, 0.3) is 11.1 Å². The Hall–Kier alpha value is -2.13.